The van der Waals surface area contributed by atoms with Crippen LogP contribution in [0.5, 0.6) is 0 Å². The first kappa shape index (κ1) is 13.8. The average molecular weight is 323 g/mol. The normalized spacial score (nSPS) is 11.2. The van der Waals surface area contributed by atoms with Gasteiger partial charge in [0.15, 0.2) is 0 Å². The zero-order chi connectivity index (χ0) is 16.0. The van der Waals surface area contributed by atoms with Gasteiger partial charge in [-0.2, -0.15) is 0 Å². The van der Waals surface area contributed by atoms with Crippen LogP contribution in [0.1, 0.15) is 0 Å². The molecule has 0 radical (unpaired) electrons. The number of aromatic amines is 1. The van der Waals surface area contributed by atoms with Crippen molar-refractivity contribution in [2.24, 2.45) is 0 Å². The maximum Gasteiger partial charge on any atom is 0.280 e. The van der Waals surface area contributed by atoms with Gasteiger partial charge in [0.1, 0.15) is 0 Å². The highest BCUT2D eigenvalue weighted by molar-refractivity contribution is 6.39. The molecule has 5 heteroatoms. The number of rotatable bonds is 2. The molecule has 4 aromatic rings. The van der Waals surface area contributed by atoms with Crippen molar-refractivity contribution >= 4 is 39.1 Å². The summed E-state index contributed by atoms with van der Waals surface area (Å²) in [6.07, 6.45) is 0. The average Bonchev–Trinajstić information content (AvgIpc) is 2.95. The van der Waals surface area contributed by atoms with Crippen molar-refractivity contribution in [1.29, 1.82) is 0 Å². The Bertz CT molecular complexity index is 1050. The Hall–Kier alpha value is -2.85. The summed E-state index contributed by atoms with van der Waals surface area (Å²) >= 11 is 6.36. The number of nitro groups is 1. The number of fused-ring (bicyclic) bond motifs is 3. The van der Waals surface area contributed by atoms with Crippen molar-refractivity contribution < 1.29 is 4.92 Å². The van der Waals surface area contributed by atoms with Gasteiger partial charge in [-0.15, -0.1) is 0 Å². The Kier molecular flexibility index (Phi) is 3.06. The van der Waals surface area contributed by atoms with E-state index in [9.17, 15) is 10.1 Å². The minimum absolute atomic E-state index is 0.000237. The fourth-order valence-corrected chi connectivity index (χ4v) is 3.31. The second-order valence-corrected chi connectivity index (χ2v) is 5.70. The van der Waals surface area contributed by atoms with Crippen LogP contribution in [0.15, 0.2) is 60.7 Å². The summed E-state index contributed by atoms with van der Waals surface area (Å²) in [6, 6.07) is 18.5. The summed E-state index contributed by atoms with van der Waals surface area (Å²) < 4.78 is 0. The van der Waals surface area contributed by atoms with Gasteiger partial charge < -0.3 is 4.98 Å². The van der Waals surface area contributed by atoms with Crippen molar-refractivity contribution in [3.8, 4) is 11.1 Å². The lowest BCUT2D eigenvalue weighted by Gasteiger charge is -2.07. The maximum atomic E-state index is 11.5. The largest absolute Gasteiger partial charge is 0.354 e. The lowest BCUT2D eigenvalue weighted by molar-refractivity contribution is -0.384. The SMILES string of the molecule is O=[N+]([O-])c1cc(Cl)c2c([nH]c3ccccc32)c1-c1ccccc1. The van der Waals surface area contributed by atoms with Gasteiger partial charge in [-0.1, -0.05) is 60.1 Å². The second kappa shape index (κ2) is 5.11. The lowest BCUT2D eigenvalue weighted by Crippen LogP contribution is -1.93. The van der Waals surface area contributed by atoms with Gasteiger partial charge in [0.05, 0.1) is 21.0 Å². The van der Waals surface area contributed by atoms with Crippen LogP contribution in [0.25, 0.3) is 32.9 Å². The maximum absolute atomic E-state index is 11.5. The van der Waals surface area contributed by atoms with E-state index in [1.807, 2.05) is 54.6 Å². The summed E-state index contributed by atoms with van der Waals surface area (Å²) in [6.45, 7) is 0. The van der Waals surface area contributed by atoms with E-state index >= 15 is 0 Å². The number of nitro benzene ring substituents is 1. The summed E-state index contributed by atoms with van der Waals surface area (Å²) in [4.78, 5) is 14.4. The molecular formula is C18H11ClN2O2. The van der Waals surface area contributed by atoms with Gasteiger partial charge in [-0.25, -0.2) is 0 Å². The van der Waals surface area contributed by atoms with E-state index in [0.717, 1.165) is 21.9 Å². The highest BCUT2D eigenvalue weighted by Gasteiger charge is 2.23. The predicted octanol–water partition coefficient (Wildman–Crippen LogP) is 5.55. The topological polar surface area (TPSA) is 58.9 Å². The molecule has 0 aliphatic carbocycles. The Morgan fingerprint density at radius 1 is 1.00 bits per heavy atom. The number of para-hydroxylation sites is 1. The van der Waals surface area contributed by atoms with Crippen molar-refractivity contribution in [2.45, 2.75) is 0 Å². The molecule has 4 nitrogen and oxygen atoms in total. The molecule has 1 aromatic heterocycles. The van der Waals surface area contributed by atoms with E-state index in [-0.39, 0.29) is 10.6 Å². The molecule has 0 spiro atoms. The summed E-state index contributed by atoms with van der Waals surface area (Å²) in [5, 5.41) is 13.7. The zero-order valence-electron chi connectivity index (χ0n) is 11.9. The molecular weight excluding hydrogens is 312 g/mol. The molecule has 3 aromatic carbocycles. The first-order valence-corrected chi connectivity index (χ1v) is 7.47. The lowest BCUT2D eigenvalue weighted by atomic mass is 10.00. The van der Waals surface area contributed by atoms with E-state index in [1.165, 1.54) is 6.07 Å². The van der Waals surface area contributed by atoms with Crippen molar-refractivity contribution in [1.82, 2.24) is 4.98 Å². The van der Waals surface area contributed by atoms with Gasteiger partial charge in [0.25, 0.3) is 5.69 Å². The highest BCUT2D eigenvalue weighted by atomic mass is 35.5. The van der Waals surface area contributed by atoms with Gasteiger partial charge in [0, 0.05) is 22.4 Å². The van der Waals surface area contributed by atoms with Gasteiger partial charge >= 0.3 is 0 Å². The predicted molar refractivity (Wildman–Crippen MR) is 92.9 cm³/mol. The molecule has 0 fully saturated rings. The third-order valence-corrected chi connectivity index (χ3v) is 4.27. The number of benzene rings is 3. The quantitative estimate of drug-likeness (QED) is 0.388. The molecule has 1 heterocycles. The monoisotopic (exact) mass is 322 g/mol. The van der Waals surface area contributed by atoms with Crippen LogP contribution in [-0.4, -0.2) is 9.91 Å². The van der Waals surface area contributed by atoms with E-state index < -0.39 is 0 Å². The van der Waals surface area contributed by atoms with E-state index in [0.29, 0.717) is 16.1 Å². The smallest absolute Gasteiger partial charge is 0.280 e. The molecule has 112 valence electrons. The summed E-state index contributed by atoms with van der Waals surface area (Å²) in [5.74, 6) is 0. The molecule has 0 aliphatic heterocycles. The number of nitrogens with one attached hydrogen (secondary N) is 1. The molecule has 0 aliphatic rings. The molecule has 0 bridgehead atoms. The highest BCUT2D eigenvalue weighted by Crippen LogP contribution is 2.43. The molecule has 4 rings (SSSR count). The summed E-state index contributed by atoms with van der Waals surface area (Å²) in [7, 11) is 0. The molecule has 1 N–H and O–H groups in total. The summed E-state index contributed by atoms with van der Waals surface area (Å²) in [5.41, 5.74) is 2.94. The molecule has 0 saturated carbocycles. The first-order valence-electron chi connectivity index (χ1n) is 7.09. The van der Waals surface area contributed by atoms with Crippen LogP contribution >= 0.6 is 11.6 Å². The van der Waals surface area contributed by atoms with E-state index in [1.54, 1.807) is 0 Å². The standard InChI is InChI=1S/C18H11ClN2O2/c19-13-10-15(21(22)23)16(11-6-2-1-3-7-11)18-17(13)12-8-4-5-9-14(12)20-18/h1-10,20H. The molecule has 0 saturated heterocycles. The third-order valence-electron chi connectivity index (χ3n) is 3.97. The number of hydrogen-bond acceptors (Lipinski definition) is 2. The fourth-order valence-electron chi connectivity index (χ4n) is 3.01. The Balaban J connectivity index is 2.23. The molecule has 0 amide bonds. The Morgan fingerprint density at radius 3 is 2.43 bits per heavy atom. The van der Waals surface area contributed by atoms with Crippen LogP contribution in [0.2, 0.25) is 5.02 Å². The van der Waals surface area contributed by atoms with Gasteiger partial charge in [-0.05, 0) is 11.6 Å². The third kappa shape index (κ3) is 2.07. The van der Waals surface area contributed by atoms with Crippen LogP contribution in [0.3, 0.4) is 0 Å². The van der Waals surface area contributed by atoms with E-state index in [4.69, 9.17) is 11.6 Å². The Labute approximate surface area is 136 Å². The number of hydrogen-bond donors (Lipinski definition) is 1. The number of aromatic nitrogens is 1. The second-order valence-electron chi connectivity index (χ2n) is 5.30. The van der Waals surface area contributed by atoms with Crippen LogP contribution in [0.4, 0.5) is 5.69 Å². The fraction of sp³-hybridized carbons (Fsp3) is 0. The minimum Gasteiger partial charge on any atom is -0.354 e. The first-order chi connectivity index (χ1) is 11.2. The van der Waals surface area contributed by atoms with Crippen molar-refractivity contribution in [3.63, 3.8) is 0 Å². The van der Waals surface area contributed by atoms with Crippen molar-refractivity contribution in [3.05, 3.63) is 75.8 Å². The Morgan fingerprint density at radius 2 is 1.70 bits per heavy atom. The minimum atomic E-state index is -0.390. The van der Waals surface area contributed by atoms with Crippen LogP contribution in [0, 0.1) is 10.1 Å². The van der Waals surface area contributed by atoms with E-state index in [2.05, 4.69) is 4.98 Å². The number of H-pyrrole nitrogens is 1. The zero-order valence-corrected chi connectivity index (χ0v) is 12.7. The van der Waals surface area contributed by atoms with Crippen LogP contribution in [-0.2, 0) is 0 Å². The number of halogens is 1. The van der Waals surface area contributed by atoms with Gasteiger partial charge in [0.2, 0.25) is 0 Å². The van der Waals surface area contributed by atoms with Gasteiger partial charge in [-0.3, -0.25) is 10.1 Å². The molecule has 0 unspecified atom stereocenters. The molecule has 0 atom stereocenters. The van der Waals surface area contributed by atoms with Crippen molar-refractivity contribution in [2.75, 3.05) is 0 Å². The number of nitrogens with zero attached hydrogens (tertiary/aromatic N) is 1. The molecule has 23 heavy (non-hydrogen) atoms. The van der Waals surface area contributed by atoms with Crippen LogP contribution < -0.4 is 0 Å².